The summed E-state index contributed by atoms with van der Waals surface area (Å²) >= 11 is 14.8. The summed E-state index contributed by atoms with van der Waals surface area (Å²) in [7, 11) is 0. The molecular formula is C17H14Cl2S. The first-order chi connectivity index (χ1) is 9.72. The van der Waals surface area contributed by atoms with Crippen molar-refractivity contribution in [3.8, 4) is 0 Å². The highest BCUT2D eigenvalue weighted by Crippen LogP contribution is 2.39. The molecule has 0 spiro atoms. The van der Waals surface area contributed by atoms with Gasteiger partial charge in [-0.1, -0.05) is 48.9 Å². The number of thiophene rings is 1. The van der Waals surface area contributed by atoms with E-state index in [9.17, 15) is 0 Å². The minimum absolute atomic E-state index is 0.118. The Morgan fingerprint density at radius 3 is 2.55 bits per heavy atom. The summed E-state index contributed by atoms with van der Waals surface area (Å²) in [5.74, 6) is 0. The first-order valence-corrected chi connectivity index (χ1v) is 8.29. The average Bonchev–Trinajstić information content (AvgIpc) is 2.96. The van der Waals surface area contributed by atoms with Crippen LogP contribution in [0.15, 0.2) is 47.8 Å². The highest BCUT2D eigenvalue weighted by Gasteiger charge is 2.18. The predicted molar refractivity (Wildman–Crippen MR) is 90.4 cm³/mol. The molecule has 1 aromatic heterocycles. The average molecular weight is 321 g/mol. The van der Waals surface area contributed by atoms with Crippen LogP contribution in [0, 0.1) is 0 Å². The molecule has 0 bridgehead atoms. The molecule has 3 heteroatoms. The van der Waals surface area contributed by atoms with E-state index in [1.807, 2.05) is 30.3 Å². The maximum atomic E-state index is 6.76. The van der Waals surface area contributed by atoms with Gasteiger partial charge in [0.15, 0.2) is 0 Å². The second kappa shape index (κ2) is 5.77. The zero-order valence-corrected chi connectivity index (χ0v) is 13.4. The number of fused-ring (bicyclic) bond motifs is 1. The van der Waals surface area contributed by atoms with Crippen LogP contribution in [0.25, 0.3) is 10.8 Å². The van der Waals surface area contributed by atoms with Crippen LogP contribution in [-0.4, -0.2) is 0 Å². The quantitative estimate of drug-likeness (QED) is 0.487. The van der Waals surface area contributed by atoms with Crippen LogP contribution < -0.4 is 0 Å². The standard InChI is InChI=1S/C17H14Cl2S/c1-2-11-9-10-20-17(11)16(19)14-7-8-15(18)13-6-4-3-5-12(13)14/h3-10,16H,2H2,1H3. The predicted octanol–water partition coefficient (Wildman–Crippen LogP) is 6.45. The van der Waals surface area contributed by atoms with Gasteiger partial charge in [-0.25, -0.2) is 0 Å². The van der Waals surface area contributed by atoms with Crippen LogP contribution in [0.2, 0.25) is 5.02 Å². The zero-order chi connectivity index (χ0) is 14.1. The molecule has 3 aromatic rings. The van der Waals surface area contributed by atoms with Gasteiger partial charge in [0.2, 0.25) is 0 Å². The molecule has 1 heterocycles. The molecule has 0 fully saturated rings. The van der Waals surface area contributed by atoms with E-state index in [1.54, 1.807) is 11.3 Å². The fraction of sp³-hybridized carbons (Fsp3) is 0.176. The number of aryl methyl sites for hydroxylation is 1. The lowest BCUT2D eigenvalue weighted by Crippen LogP contribution is -1.95. The summed E-state index contributed by atoms with van der Waals surface area (Å²) in [4.78, 5) is 1.24. The summed E-state index contributed by atoms with van der Waals surface area (Å²) in [6.07, 6.45) is 1.01. The molecule has 0 radical (unpaired) electrons. The first kappa shape index (κ1) is 13.9. The second-order valence-corrected chi connectivity index (χ2v) is 6.50. The van der Waals surface area contributed by atoms with Crippen molar-refractivity contribution in [2.45, 2.75) is 18.7 Å². The summed E-state index contributed by atoms with van der Waals surface area (Å²) < 4.78 is 0. The summed E-state index contributed by atoms with van der Waals surface area (Å²) in [6, 6.07) is 14.3. The molecular weight excluding hydrogens is 307 g/mol. The van der Waals surface area contributed by atoms with E-state index in [2.05, 4.69) is 24.4 Å². The molecule has 0 aliphatic rings. The minimum atomic E-state index is -0.118. The lowest BCUT2D eigenvalue weighted by atomic mass is 9.99. The Kier molecular flexibility index (Phi) is 4.02. The van der Waals surface area contributed by atoms with Crippen LogP contribution in [0.4, 0.5) is 0 Å². The molecule has 3 rings (SSSR count). The zero-order valence-electron chi connectivity index (χ0n) is 11.1. The van der Waals surface area contributed by atoms with Crippen LogP contribution in [0.5, 0.6) is 0 Å². The number of hydrogen-bond acceptors (Lipinski definition) is 1. The number of alkyl halides is 1. The maximum absolute atomic E-state index is 6.76. The molecule has 0 saturated carbocycles. The van der Waals surface area contributed by atoms with Crippen LogP contribution in [-0.2, 0) is 6.42 Å². The molecule has 1 unspecified atom stereocenters. The van der Waals surface area contributed by atoms with Gasteiger partial charge in [0.05, 0.1) is 5.38 Å². The third-order valence-electron chi connectivity index (χ3n) is 3.57. The van der Waals surface area contributed by atoms with E-state index in [0.29, 0.717) is 0 Å². The van der Waals surface area contributed by atoms with Crippen molar-refractivity contribution in [1.29, 1.82) is 0 Å². The fourth-order valence-corrected chi connectivity index (χ4v) is 4.21. The van der Waals surface area contributed by atoms with E-state index < -0.39 is 0 Å². The van der Waals surface area contributed by atoms with Gasteiger partial charge in [-0.2, -0.15) is 0 Å². The number of rotatable bonds is 3. The van der Waals surface area contributed by atoms with E-state index >= 15 is 0 Å². The van der Waals surface area contributed by atoms with Crippen LogP contribution in [0.3, 0.4) is 0 Å². The molecule has 0 amide bonds. The van der Waals surface area contributed by atoms with E-state index in [0.717, 1.165) is 27.8 Å². The van der Waals surface area contributed by atoms with Crippen molar-refractivity contribution in [2.24, 2.45) is 0 Å². The molecule has 2 aromatic carbocycles. The van der Waals surface area contributed by atoms with E-state index in [-0.39, 0.29) is 5.38 Å². The number of hydrogen-bond donors (Lipinski definition) is 0. The van der Waals surface area contributed by atoms with Gasteiger partial charge in [-0.15, -0.1) is 22.9 Å². The third kappa shape index (κ3) is 2.35. The molecule has 0 nitrogen and oxygen atoms in total. The van der Waals surface area contributed by atoms with Crippen molar-refractivity contribution < 1.29 is 0 Å². The summed E-state index contributed by atoms with van der Waals surface area (Å²) in [5.41, 5.74) is 2.46. The third-order valence-corrected chi connectivity index (χ3v) is 5.51. The Hall–Kier alpha value is -1.02. The van der Waals surface area contributed by atoms with Crippen LogP contribution >= 0.6 is 34.5 Å². The van der Waals surface area contributed by atoms with Crippen molar-refractivity contribution in [2.75, 3.05) is 0 Å². The van der Waals surface area contributed by atoms with Gasteiger partial charge in [-0.3, -0.25) is 0 Å². The Morgan fingerprint density at radius 2 is 1.80 bits per heavy atom. The lowest BCUT2D eigenvalue weighted by molar-refractivity contribution is 1.08. The number of halogens is 2. The van der Waals surface area contributed by atoms with Crippen LogP contribution in [0.1, 0.15) is 28.3 Å². The Labute approximate surface area is 133 Å². The highest BCUT2D eigenvalue weighted by molar-refractivity contribution is 7.10. The second-order valence-electron chi connectivity index (χ2n) is 4.71. The number of benzene rings is 2. The SMILES string of the molecule is CCc1ccsc1C(Cl)c1ccc(Cl)c2ccccc12. The molecule has 20 heavy (non-hydrogen) atoms. The molecule has 0 N–H and O–H groups in total. The molecule has 0 saturated heterocycles. The van der Waals surface area contributed by atoms with Crippen molar-refractivity contribution >= 4 is 45.3 Å². The van der Waals surface area contributed by atoms with E-state index in [4.69, 9.17) is 23.2 Å². The highest BCUT2D eigenvalue weighted by atomic mass is 35.5. The van der Waals surface area contributed by atoms with Gasteiger partial charge in [-0.05, 0) is 40.4 Å². The lowest BCUT2D eigenvalue weighted by Gasteiger charge is -2.14. The smallest absolute Gasteiger partial charge is 0.0936 e. The molecule has 1 atom stereocenters. The molecule has 102 valence electrons. The first-order valence-electron chi connectivity index (χ1n) is 6.60. The molecule has 0 aliphatic carbocycles. The van der Waals surface area contributed by atoms with Crippen molar-refractivity contribution in [3.05, 3.63) is 68.9 Å². The van der Waals surface area contributed by atoms with Crippen molar-refractivity contribution in [1.82, 2.24) is 0 Å². The van der Waals surface area contributed by atoms with Gasteiger partial charge in [0, 0.05) is 15.3 Å². The Bertz CT molecular complexity index is 746. The van der Waals surface area contributed by atoms with Gasteiger partial charge >= 0.3 is 0 Å². The minimum Gasteiger partial charge on any atom is -0.147 e. The maximum Gasteiger partial charge on any atom is 0.0936 e. The Morgan fingerprint density at radius 1 is 1.05 bits per heavy atom. The normalized spacial score (nSPS) is 12.8. The van der Waals surface area contributed by atoms with E-state index in [1.165, 1.54) is 10.4 Å². The largest absolute Gasteiger partial charge is 0.147 e. The van der Waals surface area contributed by atoms with Crippen molar-refractivity contribution in [3.63, 3.8) is 0 Å². The molecule has 0 aliphatic heterocycles. The topological polar surface area (TPSA) is 0 Å². The van der Waals surface area contributed by atoms with Gasteiger partial charge in [0.1, 0.15) is 0 Å². The Balaban J connectivity index is 2.17. The monoisotopic (exact) mass is 320 g/mol. The fourth-order valence-electron chi connectivity index (χ4n) is 2.51. The van der Waals surface area contributed by atoms with Gasteiger partial charge in [0.25, 0.3) is 0 Å². The summed E-state index contributed by atoms with van der Waals surface area (Å²) in [6.45, 7) is 2.16. The van der Waals surface area contributed by atoms with Gasteiger partial charge < -0.3 is 0 Å². The summed E-state index contributed by atoms with van der Waals surface area (Å²) in [5, 5.41) is 4.96.